The summed E-state index contributed by atoms with van der Waals surface area (Å²) in [6.07, 6.45) is 9.30. The van der Waals surface area contributed by atoms with Crippen LogP contribution in [0.1, 0.15) is 59.3 Å². The van der Waals surface area contributed by atoms with Gasteiger partial charge >= 0.3 is 0 Å². The maximum Gasteiger partial charge on any atom is 0.279 e. The topological polar surface area (TPSA) is 102 Å². The molecule has 10 heteroatoms. The van der Waals surface area contributed by atoms with Crippen LogP contribution in [-0.2, 0) is 0 Å². The molecule has 1 aliphatic carbocycles. The van der Waals surface area contributed by atoms with Gasteiger partial charge in [0, 0.05) is 36.1 Å². The minimum atomic E-state index is -0.319. The number of rotatable bonds is 11. The first-order valence-electron chi connectivity index (χ1n) is 12.1. The maximum absolute atomic E-state index is 12.6. The third kappa shape index (κ3) is 8.03. The van der Waals surface area contributed by atoms with Crippen molar-refractivity contribution < 1.29 is 19.1 Å². The van der Waals surface area contributed by atoms with Crippen LogP contribution in [0.3, 0.4) is 0 Å². The van der Waals surface area contributed by atoms with Gasteiger partial charge in [0.25, 0.3) is 17.0 Å². The van der Waals surface area contributed by atoms with E-state index in [-0.39, 0.29) is 29.6 Å². The van der Waals surface area contributed by atoms with Crippen molar-refractivity contribution in [2.75, 3.05) is 6.61 Å². The predicted octanol–water partition coefficient (Wildman–Crippen LogP) is 5.74. The van der Waals surface area contributed by atoms with Crippen molar-refractivity contribution in [2.45, 2.75) is 45.7 Å². The molecule has 4 rings (SSSR count). The van der Waals surface area contributed by atoms with Crippen LogP contribution in [0, 0.1) is 5.92 Å². The Hall–Kier alpha value is -3.43. The smallest absolute Gasteiger partial charge is 0.279 e. The SMILES string of the molecule is CC(C)NC(=O)c1cc(C(=O)N[C@@H](C)/C=C/c2cnc(Oc3ccc(OCC4CC4)cc3Cl)s2)ccn1. The number of hydrogen-bond acceptors (Lipinski definition) is 7. The number of nitrogens with one attached hydrogen (secondary N) is 2. The lowest BCUT2D eigenvalue weighted by Gasteiger charge is -2.11. The zero-order chi connectivity index (χ0) is 26.4. The first kappa shape index (κ1) is 26.6. The number of nitrogens with zero attached hydrogens (tertiary/aromatic N) is 2. The molecule has 194 valence electrons. The van der Waals surface area contributed by atoms with Crippen molar-refractivity contribution in [3.8, 4) is 16.7 Å². The Morgan fingerprint density at radius 3 is 2.68 bits per heavy atom. The molecule has 2 heterocycles. The molecule has 1 saturated carbocycles. The van der Waals surface area contributed by atoms with Crippen molar-refractivity contribution >= 4 is 40.8 Å². The molecule has 0 aliphatic heterocycles. The van der Waals surface area contributed by atoms with Gasteiger partial charge in [0.1, 0.15) is 17.2 Å². The fourth-order valence-electron chi connectivity index (χ4n) is 3.25. The van der Waals surface area contributed by atoms with E-state index in [4.69, 9.17) is 21.1 Å². The molecule has 3 aromatic rings. The Morgan fingerprint density at radius 1 is 1.14 bits per heavy atom. The number of hydrogen-bond donors (Lipinski definition) is 2. The molecule has 8 nitrogen and oxygen atoms in total. The van der Waals surface area contributed by atoms with Gasteiger partial charge in [-0.1, -0.05) is 29.0 Å². The first-order chi connectivity index (χ1) is 17.8. The number of ether oxygens (including phenoxy) is 2. The third-order valence-corrected chi connectivity index (χ3v) is 6.50. The monoisotopic (exact) mass is 540 g/mol. The molecule has 0 saturated heterocycles. The number of carbonyl (C=O) groups excluding carboxylic acids is 2. The Labute approximate surface area is 225 Å². The number of pyridine rings is 1. The second-order valence-corrected chi connectivity index (χ2v) is 10.6. The van der Waals surface area contributed by atoms with E-state index < -0.39 is 0 Å². The Kier molecular flexibility index (Phi) is 8.78. The number of halogens is 1. The van der Waals surface area contributed by atoms with Gasteiger partial charge in [-0.25, -0.2) is 4.98 Å². The van der Waals surface area contributed by atoms with Crippen LogP contribution in [0.25, 0.3) is 6.08 Å². The summed E-state index contributed by atoms with van der Waals surface area (Å²) in [4.78, 5) is 34.0. The van der Waals surface area contributed by atoms with E-state index >= 15 is 0 Å². The summed E-state index contributed by atoms with van der Waals surface area (Å²) in [7, 11) is 0. The van der Waals surface area contributed by atoms with Crippen LogP contribution >= 0.6 is 22.9 Å². The predicted molar refractivity (Wildman–Crippen MR) is 145 cm³/mol. The summed E-state index contributed by atoms with van der Waals surface area (Å²) in [5.41, 5.74) is 0.556. The fourth-order valence-corrected chi connectivity index (χ4v) is 4.15. The highest BCUT2D eigenvalue weighted by molar-refractivity contribution is 7.14. The Balaban J connectivity index is 1.30. The summed E-state index contributed by atoms with van der Waals surface area (Å²) >= 11 is 7.71. The van der Waals surface area contributed by atoms with E-state index in [1.807, 2.05) is 39.0 Å². The van der Waals surface area contributed by atoms with Crippen LogP contribution < -0.4 is 20.1 Å². The van der Waals surface area contributed by atoms with Gasteiger partial charge in [-0.3, -0.25) is 14.6 Å². The number of aromatic nitrogens is 2. The van der Waals surface area contributed by atoms with Gasteiger partial charge in [-0.2, -0.15) is 0 Å². The molecule has 2 aromatic heterocycles. The number of amides is 2. The van der Waals surface area contributed by atoms with Gasteiger partial charge in [-0.15, -0.1) is 0 Å². The molecular weight excluding hydrogens is 512 g/mol. The molecule has 2 amide bonds. The van der Waals surface area contributed by atoms with Gasteiger partial charge < -0.3 is 20.1 Å². The van der Waals surface area contributed by atoms with E-state index in [0.717, 1.165) is 17.2 Å². The van der Waals surface area contributed by atoms with Crippen LogP contribution in [-0.4, -0.2) is 40.5 Å². The first-order valence-corrected chi connectivity index (χ1v) is 13.3. The van der Waals surface area contributed by atoms with Crippen molar-refractivity contribution in [3.05, 3.63) is 70.0 Å². The lowest BCUT2D eigenvalue weighted by atomic mass is 10.2. The molecule has 1 atom stereocenters. The third-order valence-electron chi connectivity index (χ3n) is 5.37. The van der Waals surface area contributed by atoms with Gasteiger partial charge in [-0.05, 0) is 69.9 Å². The zero-order valence-corrected chi connectivity index (χ0v) is 22.4. The highest BCUT2D eigenvalue weighted by atomic mass is 35.5. The molecule has 37 heavy (non-hydrogen) atoms. The summed E-state index contributed by atoms with van der Waals surface area (Å²) in [6, 6.07) is 8.12. The van der Waals surface area contributed by atoms with E-state index in [1.54, 1.807) is 24.4 Å². The lowest BCUT2D eigenvalue weighted by molar-refractivity contribution is 0.0938. The highest BCUT2D eigenvalue weighted by Gasteiger charge is 2.22. The van der Waals surface area contributed by atoms with E-state index in [2.05, 4.69) is 20.6 Å². The largest absolute Gasteiger partial charge is 0.493 e. The second kappa shape index (κ2) is 12.2. The van der Waals surface area contributed by atoms with Crippen molar-refractivity contribution in [3.63, 3.8) is 0 Å². The van der Waals surface area contributed by atoms with Crippen LogP contribution in [0.2, 0.25) is 5.02 Å². The standard InChI is InChI=1S/C27H29ClN4O4S/c1-16(2)31-26(34)23-12-19(10-11-29-23)25(33)32-17(3)4-8-21-14-30-27(37-21)36-24-9-7-20(13-22(24)28)35-15-18-5-6-18/h4,7-14,16-18H,5-6,15H2,1-3H3,(H,31,34)(H,32,33)/b8-4+/t17-/m0/s1. The summed E-state index contributed by atoms with van der Waals surface area (Å²) in [6.45, 7) is 6.29. The summed E-state index contributed by atoms with van der Waals surface area (Å²) in [5.74, 6) is 1.28. The van der Waals surface area contributed by atoms with Gasteiger partial charge in [0.05, 0.1) is 16.5 Å². The van der Waals surface area contributed by atoms with Crippen LogP contribution in [0.5, 0.6) is 16.7 Å². The summed E-state index contributed by atoms with van der Waals surface area (Å²) < 4.78 is 11.6. The molecule has 1 aliphatic rings. The van der Waals surface area contributed by atoms with Crippen LogP contribution in [0.15, 0.2) is 48.8 Å². The number of carbonyl (C=O) groups is 2. The fraction of sp³-hybridized carbons (Fsp3) is 0.333. The van der Waals surface area contributed by atoms with Gasteiger partial charge in [0.2, 0.25) is 0 Å². The van der Waals surface area contributed by atoms with E-state index in [0.29, 0.717) is 27.4 Å². The number of thiazole rings is 1. The average molecular weight is 541 g/mol. The number of benzene rings is 1. The van der Waals surface area contributed by atoms with Crippen molar-refractivity contribution in [2.24, 2.45) is 5.92 Å². The highest BCUT2D eigenvalue weighted by Crippen LogP contribution is 2.35. The molecule has 0 unspecified atom stereocenters. The Morgan fingerprint density at radius 2 is 1.95 bits per heavy atom. The minimum Gasteiger partial charge on any atom is -0.493 e. The molecule has 0 spiro atoms. The normalized spacial score (nSPS) is 14.0. The maximum atomic E-state index is 12.6. The minimum absolute atomic E-state index is 0.0247. The Bertz CT molecular complexity index is 1290. The van der Waals surface area contributed by atoms with E-state index in [9.17, 15) is 9.59 Å². The molecular formula is C27H29ClN4O4S. The van der Waals surface area contributed by atoms with Gasteiger partial charge in [0.15, 0.2) is 0 Å². The second-order valence-electron chi connectivity index (χ2n) is 9.16. The van der Waals surface area contributed by atoms with E-state index in [1.165, 1.54) is 36.4 Å². The molecule has 1 aromatic carbocycles. The lowest BCUT2D eigenvalue weighted by Crippen LogP contribution is -2.33. The average Bonchev–Trinajstić information content (AvgIpc) is 3.59. The quantitative estimate of drug-likeness (QED) is 0.321. The van der Waals surface area contributed by atoms with Crippen LogP contribution in [0.4, 0.5) is 0 Å². The molecule has 2 N–H and O–H groups in total. The molecule has 1 fully saturated rings. The van der Waals surface area contributed by atoms with Crippen molar-refractivity contribution in [1.82, 2.24) is 20.6 Å². The molecule has 0 radical (unpaired) electrons. The summed E-state index contributed by atoms with van der Waals surface area (Å²) in [5, 5.41) is 6.57. The van der Waals surface area contributed by atoms with Crippen molar-refractivity contribution in [1.29, 1.82) is 0 Å². The molecule has 0 bridgehead atoms. The zero-order valence-electron chi connectivity index (χ0n) is 20.9.